The molecule has 0 bridgehead atoms. The van der Waals surface area contributed by atoms with Crippen molar-refractivity contribution < 1.29 is 24.6 Å². The number of carbonyl (C=O) groups excluding carboxylic acids is 1. The number of rotatable bonds is 6. The molecule has 0 spiro atoms. The molecule has 1 aromatic rings. The molecule has 20 heavy (non-hydrogen) atoms. The lowest BCUT2D eigenvalue weighted by atomic mass is 9.98. The van der Waals surface area contributed by atoms with Gasteiger partial charge in [0.25, 0.3) is 0 Å². The molecular weight excluding hydrogens is 260 g/mol. The third-order valence-electron chi connectivity index (χ3n) is 2.52. The summed E-state index contributed by atoms with van der Waals surface area (Å²) < 4.78 is 0. The second kappa shape index (κ2) is 6.29. The number of hydrogen-bond acceptors (Lipinski definition) is 3. The molecule has 102 valence electrons. The van der Waals surface area contributed by atoms with E-state index in [1.807, 2.05) is 0 Å². The molecule has 0 aliphatic carbocycles. The van der Waals surface area contributed by atoms with E-state index in [1.165, 1.54) is 24.3 Å². The van der Waals surface area contributed by atoms with Crippen molar-refractivity contribution in [1.29, 1.82) is 0 Å². The second-order valence-corrected chi connectivity index (χ2v) is 3.76. The first-order valence-electron chi connectivity index (χ1n) is 5.52. The Morgan fingerprint density at radius 1 is 1.00 bits per heavy atom. The van der Waals surface area contributed by atoms with E-state index in [1.54, 1.807) is 0 Å². The first-order valence-corrected chi connectivity index (χ1v) is 5.52. The van der Waals surface area contributed by atoms with Crippen LogP contribution >= 0.6 is 0 Å². The molecule has 0 atom stereocenters. The van der Waals surface area contributed by atoms with Gasteiger partial charge in [0.05, 0.1) is 11.1 Å². The molecule has 0 saturated carbocycles. The summed E-state index contributed by atoms with van der Waals surface area (Å²) in [7, 11) is 0. The van der Waals surface area contributed by atoms with Crippen molar-refractivity contribution >= 4 is 17.7 Å². The minimum atomic E-state index is -1.41. The molecular formula is C15H12O5. The first-order chi connectivity index (χ1) is 9.42. The molecule has 0 aromatic heterocycles. The van der Waals surface area contributed by atoms with Gasteiger partial charge in [-0.1, -0.05) is 37.5 Å². The third-order valence-corrected chi connectivity index (χ3v) is 2.52. The number of carbonyl (C=O) groups is 3. The van der Waals surface area contributed by atoms with Crippen LogP contribution in [0.3, 0.4) is 0 Å². The highest BCUT2D eigenvalue weighted by atomic mass is 16.4. The number of allylic oxidation sites excluding steroid dienone is 4. The van der Waals surface area contributed by atoms with Crippen LogP contribution in [-0.2, 0) is 0 Å². The molecule has 5 nitrogen and oxygen atoms in total. The summed E-state index contributed by atoms with van der Waals surface area (Å²) in [4.78, 5) is 34.0. The fourth-order valence-electron chi connectivity index (χ4n) is 1.58. The minimum Gasteiger partial charge on any atom is -0.478 e. The summed E-state index contributed by atoms with van der Waals surface area (Å²) in [5, 5.41) is 17.9. The lowest BCUT2D eigenvalue weighted by Crippen LogP contribution is -2.11. The zero-order valence-electron chi connectivity index (χ0n) is 10.5. The number of aromatic carboxylic acids is 2. The lowest BCUT2D eigenvalue weighted by molar-refractivity contribution is 0.0651. The number of Topliss-reactive ketones (excluding diaryl/α,β-unsaturated/α-hetero) is 1. The summed E-state index contributed by atoms with van der Waals surface area (Å²) in [6, 6.07) is 3.39. The quantitative estimate of drug-likeness (QED) is 0.471. The Hall–Kier alpha value is -2.95. The van der Waals surface area contributed by atoms with Crippen LogP contribution in [-0.4, -0.2) is 27.9 Å². The van der Waals surface area contributed by atoms with Gasteiger partial charge in [-0.05, 0) is 12.1 Å². The van der Waals surface area contributed by atoms with Gasteiger partial charge in [0.1, 0.15) is 0 Å². The molecule has 0 fully saturated rings. The van der Waals surface area contributed by atoms with Crippen LogP contribution in [0.2, 0.25) is 0 Å². The molecule has 1 aromatic carbocycles. The van der Waals surface area contributed by atoms with E-state index in [2.05, 4.69) is 13.2 Å². The van der Waals surface area contributed by atoms with E-state index >= 15 is 0 Å². The van der Waals surface area contributed by atoms with Crippen LogP contribution in [0.5, 0.6) is 0 Å². The highest BCUT2D eigenvalue weighted by Crippen LogP contribution is 2.16. The average Bonchev–Trinajstić information content (AvgIpc) is 2.43. The van der Waals surface area contributed by atoms with Gasteiger partial charge in [-0.25, -0.2) is 9.59 Å². The maximum atomic E-state index is 12.1. The topological polar surface area (TPSA) is 91.7 Å². The standard InChI is InChI=1S/C15H12O5/c1-3-5-9(4-2)13(16)10-6-7-11(14(17)18)12(8-10)15(19)20/h3-8H,1-2H2,(H,17,18)(H,19,20)/b9-5+. The molecule has 5 heteroatoms. The lowest BCUT2D eigenvalue weighted by Gasteiger charge is -2.05. The van der Waals surface area contributed by atoms with Crippen LogP contribution in [0.4, 0.5) is 0 Å². The van der Waals surface area contributed by atoms with Gasteiger partial charge in [0.15, 0.2) is 5.78 Å². The average molecular weight is 272 g/mol. The number of hydrogen-bond donors (Lipinski definition) is 2. The Labute approximate surface area is 115 Å². The summed E-state index contributed by atoms with van der Waals surface area (Å²) in [5.74, 6) is -3.24. The Balaban J connectivity index is 3.38. The summed E-state index contributed by atoms with van der Waals surface area (Å²) in [5.41, 5.74) is -0.507. The third kappa shape index (κ3) is 3.08. The number of ketones is 1. The fraction of sp³-hybridized carbons (Fsp3) is 0. The zero-order chi connectivity index (χ0) is 15.3. The molecule has 0 aliphatic heterocycles. The van der Waals surface area contributed by atoms with Gasteiger partial charge < -0.3 is 10.2 Å². The van der Waals surface area contributed by atoms with E-state index in [4.69, 9.17) is 10.2 Å². The smallest absolute Gasteiger partial charge is 0.336 e. The highest BCUT2D eigenvalue weighted by Gasteiger charge is 2.19. The molecule has 0 aliphatic rings. The maximum Gasteiger partial charge on any atom is 0.336 e. The van der Waals surface area contributed by atoms with Gasteiger partial charge in [-0.2, -0.15) is 0 Å². The SMILES string of the molecule is C=C/C=C(\C=C)C(=O)c1ccc(C(=O)O)c(C(=O)O)c1. The first kappa shape index (κ1) is 15.1. The van der Waals surface area contributed by atoms with Crippen LogP contribution in [0.15, 0.2) is 55.2 Å². The van der Waals surface area contributed by atoms with Crippen LogP contribution in [0.25, 0.3) is 0 Å². The Bertz CT molecular complexity index is 638. The number of carboxylic acid groups (broad SMARTS) is 2. The van der Waals surface area contributed by atoms with Crippen LogP contribution in [0, 0.1) is 0 Å². The second-order valence-electron chi connectivity index (χ2n) is 3.76. The Morgan fingerprint density at radius 3 is 2.05 bits per heavy atom. The minimum absolute atomic E-state index is 0.0698. The fourth-order valence-corrected chi connectivity index (χ4v) is 1.58. The van der Waals surface area contributed by atoms with Crippen LogP contribution < -0.4 is 0 Å². The van der Waals surface area contributed by atoms with E-state index in [0.29, 0.717) is 0 Å². The molecule has 0 amide bonds. The highest BCUT2D eigenvalue weighted by molar-refractivity contribution is 6.12. The summed E-state index contributed by atoms with van der Waals surface area (Å²) >= 11 is 0. The van der Waals surface area contributed by atoms with Gasteiger partial charge >= 0.3 is 11.9 Å². The van der Waals surface area contributed by atoms with Crippen molar-refractivity contribution in [2.24, 2.45) is 0 Å². The van der Waals surface area contributed by atoms with Gasteiger partial charge in [-0.15, -0.1) is 0 Å². The maximum absolute atomic E-state index is 12.1. The van der Waals surface area contributed by atoms with Gasteiger partial charge in [0, 0.05) is 11.1 Å². The predicted molar refractivity (Wildman–Crippen MR) is 73.2 cm³/mol. The van der Waals surface area contributed by atoms with Crippen molar-refractivity contribution in [3.63, 3.8) is 0 Å². The Morgan fingerprint density at radius 2 is 1.60 bits per heavy atom. The molecule has 0 heterocycles. The molecule has 0 unspecified atom stereocenters. The van der Waals surface area contributed by atoms with Gasteiger partial charge in [0.2, 0.25) is 0 Å². The number of benzene rings is 1. The largest absolute Gasteiger partial charge is 0.478 e. The van der Waals surface area contributed by atoms with Crippen molar-refractivity contribution in [1.82, 2.24) is 0 Å². The Kier molecular flexibility index (Phi) is 4.75. The van der Waals surface area contributed by atoms with E-state index in [0.717, 1.165) is 12.1 Å². The molecule has 1 rings (SSSR count). The monoisotopic (exact) mass is 272 g/mol. The van der Waals surface area contributed by atoms with Crippen molar-refractivity contribution in [2.75, 3.05) is 0 Å². The summed E-state index contributed by atoms with van der Waals surface area (Å²) in [6.07, 6.45) is 4.15. The molecule has 0 saturated heterocycles. The van der Waals surface area contributed by atoms with Crippen molar-refractivity contribution in [3.05, 3.63) is 71.8 Å². The molecule has 2 N–H and O–H groups in total. The van der Waals surface area contributed by atoms with Crippen LogP contribution in [0.1, 0.15) is 31.1 Å². The summed E-state index contributed by atoms with van der Waals surface area (Å²) in [6.45, 7) is 6.94. The zero-order valence-corrected chi connectivity index (χ0v) is 10.5. The van der Waals surface area contributed by atoms with Gasteiger partial charge in [-0.3, -0.25) is 4.79 Å². The van der Waals surface area contributed by atoms with Crippen molar-refractivity contribution in [2.45, 2.75) is 0 Å². The van der Waals surface area contributed by atoms with E-state index < -0.39 is 23.3 Å². The predicted octanol–water partition coefficient (Wildman–Crippen LogP) is 2.56. The number of carboxylic acids is 2. The molecule has 0 radical (unpaired) electrons. The van der Waals surface area contributed by atoms with E-state index in [-0.39, 0.29) is 16.7 Å². The normalized spacial score (nSPS) is 10.7. The van der Waals surface area contributed by atoms with Crippen molar-refractivity contribution in [3.8, 4) is 0 Å². The van der Waals surface area contributed by atoms with E-state index in [9.17, 15) is 14.4 Å².